The van der Waals surface area contributed by atoms with Gasteiger partial charge in [-0.15, -0.1) is 0 Å². The van der Waals surface area contributed by atoms with Crippen molar-refractivity contribution in [3.63, 3.8) is 0 Å². The standard InChI is InChI=1S/C9H8F6N2O/c10-8(11,12)4-18-7-6(9(13,14)15)1-5(2-16)3-17-7/h1,3H,2,4,16H2. The van der Waals surface area contributed by atoms with Crippen LogP contribution in [-0.4, -0.2) is 17.8 Å². The molecule has 0 atom stereocenters. The summed E-state index contributed by atoms with van der Waals surface area (Å²) in [4.78, 5) is 3.20. The quantitative estimate of drug-likeness (QED) is 0.861. The molecule has 0 fully saturated rings. The van der Waals surface area contributed by atoms with Crippen molar-refractivity contribution in [3.05, 3.63) is 23.4 Å². The van der Waals surface area contributed by atoms with E-state index in [1.54, 1.807) is 0 Å². The van der Waals surface area contributed by atoms with Crippen molar-refractivity contribution in [2.24, 2.45) is 5.73 Å². The molecule has 0 radical (unpaired) electrons. The molecule has 1 heterocycles. The summed E-state index contributed by atoms with van der Waals surface area (Å²) in [6, 6.07) is 0.610. The van der Waals surface area contributed by atoms with Crippen LogP contribution in [-0.2, 0) is 12.7 Å². The number of rotatable bonds is 3. The number of halogens is 6. The van der Waals surface area contributed by atoms with Gasteiger partial charge < -0.3 is 10.5 Å². The summed E-state index contributed by atoms with van der Waals surface area (Å²) in [6.45, 7) is -2.05. The van der Waals surface area contributed by atoms with Gasteiger partial charge in [0.25, 0.3) is 0 Å². The summed E-state index contributed by atoms with van der Waals surface area (Å²) < 4.78 is 77.2. The Labute approximate surface area is 97.6 Å². The summed E-state index contributed by atoms with van der Waals surface area (Å²) in [5.41, 5.74) is 3.79. The Hall–Kier alpha value is -1.51. The van der Waals surface area contributed by atoms with Gasteiger partial charge in [-0.1, -0.05) is 0 Å². The Balaban J connectivity index is 3.03. The molecule has 1 aromatic rings. The summed E-state index contributed by atoms with van der Waals surface area (Å²) >= 11 is 0. The molecule has 0 aliphatic carbocycles. The molecule has 2 N–H and O–H groups in total. The van der Waals surface area contributed by atoms with E-state index in [2.05, 4.69) is 9.72 Å². The van der Waals surface area contributed by atoms with Crippen LogP contribution in [0.2, 0.25) is 0 Å². The lowest BCUT2D eigenvalue weighted by Crippen LogP contribution is -2.21. The average Bonchev–Trinajstić information content (AvgIpc) is 2.24. The van der Waals surface area contributed by atoms with Crippen molar-refractivity contribution in [1.82, 2.24) is 4.98 Å². The molecule has 0 amide bonds. The molecule has 9 heteroatoms. The number of nitrogens with zero attached hydrogens (tertiary/aromatic N) is 1. The van der Waals surface area contributed by atoms with Gasteiger partial charge in [-0.05, 0) is 11.6 Å². The maximum absolute atomic E-state index is 12.5. The second-order valence-electron chi connectivity index (χ2n) is 3.30. The van der Waals surface area contributed by atoms with Crippen LogP contribution in [0.1, 0.15) is 11.1 Å². The smallest absolute Gasteiger partial charge is 0.422 e. The normalized spacial score (nSPS) is 12.6. The van der Waals surface area contributed by atoms with Crippen LogP contribution in [0, 0.1) is 0 Å². The lowest BCUT2D eigenvalue weighted by Gasteiger charge is -2.14. The Morgan fingerprint density at radius 2 is 1.78 bits per heavy atom. The van der Waals surface area contributed by atoms with Crippen molar-refractivity contribution in [2.45, 2.75) is 18.9 Å². The minimum Gasteiger partial charge on any atom is -0.468 e. The van der Waals surface area contributed by atoms with Gasteiger partial charge in [0.2, 0.25) is 5.88 Å². The van der Waals surface area contributed by atoms with Crippen LogP contribution in [0.25, 0.3) is 0 Å². The second kappa shape index (κ2) is 5.01. The minimum absolute atomic E-state index is 0.0432. The molecule has 0 aliphatic heterocycles. The van der Waals surface area contributed by atoms with Gasteiger partial charge >= 0.3 is 12.4 Å². The highest BCUT2D eigenvalue weighted by Crippen LogP contribution is 2.35. The number of hydrogen-bond donors (Lipinski definition) is 1. The fourth-order valence-electron chi connectivity index (χ4n) is 1.08. The van der Waals surface area contributed by atoms with E-state index in [1.807, 2.05) is 0 Å². The first-order valence-corrected chi connectivity index (χ1v) is 4.59. The van der Waals surface area contributed by atoms with E-state index in [0.29, 0.717) is 6.07 Å². The van der Waals surface area contributed by atoms with Crippen LogP contribution < -0.4 is 10.5 Å². The molecule has 0 spiro atoms. The Bertz CT molecular complexity index is 414. The minimum atomic E-state index is -4.86. The van der Waals surface area contributed by atoms with Crippen LogP contribution in [0.5, 0.6) is 5.88 Å². The van der Waals surface area contributed by atoms with E-state index in [4.69, 9.17) is 5.73 Å². The molecule has 0 saturated heterocycles. The van der Waals surface area contributed by atoms with Gasteiger partial charge in [-0.25, -0.2) is 4.98 Å². The van der Waals surface area contributed by atoms with Gasteiger partial charge in [0.1, 0.15) is 5.56 Å². The third-order valence-electron chi connectivity index (χ3n) is 1.82. The molecule has 1 rings (SSSR count). The average molecular weight is 274 g/mol. The Morgan fingerprint density at radius 3 is 2.22 bits per heavy atom. The molecular weight excluding hydrogens is 266 g/mol. The zero-order chi connectivity index (χ0) is 14.0. The number of aromatic nitrogens is 1. The van der Waals surface area contributed by atoms with Gasteiger partial charge in [0, 0.05) is 12.7 Å². The molecule has 102 valence electrons. The first-order valence-electron chi connectivity index (χ1n) is 4.59. The van der Waals surface area contributed by atoms with Crippen LogP contribution >= 0.6 is 0 Å². The van der Waals surface area contributed by atoms with Crippen molar-refractivity contribution in [3.8, 4) is 5.88 Å². The molecule has 0 aliphatic rings. The molecule has 18 heavy (non-hydrogen) atoms. The SMILES string of the molecule is NCc1cnc(OCC(F)(F)F)c(C(F)(F)F)c1. The zero-order valence-electron chi connectivity index (χ0n) is 8.77. The zero-order valence-corrected chi connectivity index (χ0v) is 8.77. The topological polar surface area (TPSA) is 48.1 Å². The van der Waals surface area contributed by atoms with E-state index in [-0.39, 0.29) is 12.1 Å². The summed E-state index contributed by atoms with van der Waals surface area (Å²) in [5.74, 6) is -1.11. The van der Waals surface area contributed by atoms with Gasteiger partial charge in [-0.3, -0.25) is 0 Å². The highest BCUT2D eigenvalue weighted by atomic mass is 19.4. The van der Waals surface area contributed by atoms with Crippen molar-refractivity contribution >= 4 is 0 Å². The maximum Gasteiger partial charge on any atom is 0.422 e. The van der Waals surface area contributed by atoms with Crippen LogP contribution in [0.3, 0.4) is 0 Å². The Morgan fingerprint density at radius 1 is 1.17 bits per heavy atom. The third kappa shape index (κ3) is 4.06. The van der Waals surface area contributed by atoms with Gasteiger partial charge in [0.05, 0.1) is 0 Å². The number of alkyl halides is 6. The van der Waals surface area contributed by atoms with E-state index in [1.165, 1.54) is 0 Å². The predicted molar refractivity (Wildman–Crippen MR) is 48.7 cm³/mol. The lowest BCUT2D eigenvalue weighted by atomic mass is 10.2. The van der Waals surface area contributed by atoms with Crippen LogP contribution in [0.4, 0.5) is 26.3 Å². The van der Waals surface area contributed by atoms with Crippen LogP contribution in [0.15, 0.2) is 12.3 Å². The number of ether oxygens (including phenoxy) is 1. The second-order valence-corrected chi connectivity index (χ2v) is 3.30. The molecule has 1 aromatic heterocycles. The van der Waals surface area contributed by atoms with Gasteiger partial charge in [0.15, 0.2) is 6.61 Å². The van der Waals surface area contributed by atoms with Crippen molar-refractivity contribution < 1.29 is 31.1 Å². The predicted octanol–water partition coefficient (Wildman–Crippen LogP) is 2.50. The molecule has 0 unspecified atom stereocenters. The molecule has 0 saturated carbocycles. The highest BCUT2D eigenvalue weighted by molar-refractivity contribution is 5.32. The van der Waals surface area contributed by atoms with Crippen molar-refractivity contribution in [1.29, 1.82) is 0 Å². The highest BCUT2D eigenvalue weighted by Gasteiger charge is 2.37. The molecule has 3 nitrogen and oxygen atoms in total. The molecular formula is C9H8F6N2O. The monoisotopic (exact) mass is 274 g/mol. The Kier molecular flexibility index (Phi) is 4.05. The maximum atomic E-state index is 12.5. The number of nitrogens with two attached hydrogens (primary N) is 1. The third-order valence-corrected chi connectivity index (χ3v) is 1.82. The van der Waals surface area contributed by atoms with Gasteiger partial charge in [-0.2, -0.15) is 26.3 Å². The molecule has 0 aromatic carbocycles. The van der Waals surface area contributed by atoms with E-state index < -0.39 is 30.4 Å². The lowest BCUT2D eigenvalue weighted by molar-refractivity contribution is -0.159. The number of pyridine rings is 1. The van der Waals surface area contributed by atoms with Crippen molar-refractivity contribution in [2.75, 3.05) is 6.61 Å². The summed E-state index contributed by atoms with van der Waals surface area (Å²) in [7, 11) is 0. The van der Waals surface area contributed by atoms with E-state index in [0.717, 1.165) is 6.20 Å². The fourth-order valence-corrected chi connectivity index (χ4v) is 1.08. The largest absolute Gasteiger partial charge is 0.468 e. The number of hydrogen-bond acceptors (Lipinski definition) is 3. The fraction of sp³-hybridized carbons (Fsp3) is 0.444. The molecule has 0 bridgehead atoms. The first-order chi connectivity index (χ1) is 8.13. The summed E-state index contributed by atoms with van der Waals surface area (Å²) in [5, 5.41) is 0. The first kappa shape index (κ1) is 14.6. The van der Waals surface area contributed by atoms with E-state index in [9.17, 15) is 26.3 Å². The van der Waals surface area contributed by atoms with E-state index >= 15 is 0 Å². The summed E-state index contributed by atoms with van der Waals surface area (Å²) in [6.07, 6.45) is -8.67.